The number of hydrogen-bond acceptors (Lipinski definition) is 4. The van der Waals surface area contributed by atoms with Gasteiger partial charge in [0.1, 0.15) is 0 Å². The minimum Gasteiger partial charge on any atom is -0.282 e. The van der Waals surface area contributed by atoms with Crippen molar-refractivity contribution in [3.8, 4) is 0 Å². The van der Waals surface area contributed by atoms with Crippen LogP contribution in [0.3, 0.4) is 0 Å². The van der Waals surface area contributed by atoms with Crippen molar-refractivity contribution in [2.75, 3.05) is 16.4 Å². The predicted molar refractivity (Wildman–Crippen MR) is 73.5 cm³/mol. The van der Waals surface area contributed by atoms with E-state index in [4.69, 9.17) is 11.6 Å². The number of sulfonamides is 1. The Hall–Kier alpha value is -0.860. The van der Waals surface area contributed by atoms with Crippen LogP contribution in [0.4, 0.5) is 11.4 Å². The SMILES string of the molecule is O=[N+]([O-])c1ccc(NS(=O)(=O)CCCCl)c(Br)c1. The fourth-order valence-corrected chi connectivity index (χ4v) is 3.19. The summed E-state index contributed by atoms with van der Waals surface area (Å²) in [5, 5.41) is 10.5. The van der Waals surface area contributed by atoms with Crippen molar-refractivity contribution in [3.63, 3.8) is 0 Å². The van der Waals surface area contributed by atoms with E-state index in [2.05, 4.69) is 20.7 Å². The molecule has 1 aromatic carbocycles. The van der Waals surface area contributed by atoms with Crippen molar-refractivity contribution >= 4 is 48.9 Å². The number of nitro groups is 1. The quantitative estimate of drug-likeness (QED) is 0.481. The molecule has 18 heavy (non-hydrogen) atoms. The molecular weight excluding hydrogens is 348 g/mol. The summed E-state index contributed by atoms with van der Waals surface area (Å²) >= 11 is 8.50. The van der Waals surface area contributed by atoms with Crippen LogP contribution in [0, 0.1) is 10.1 Å². The average molecular weight is 358 g/mol. The Morgan fingerprint density at radius 1 is 1.44 bits per heavy atom. The Morgan fingerprint density at radius 3 is 2.61 bits per heavy atom. The third-order valence-corrected chi connectivity index (χ3v) is 4.26. The molecule has 0 spiro atoms. The molecule has 0 atom stereocenters. The second-order valence-electron chi connectivity index (χ2n) is 3.38. The minimum absolute atomic E-state index is 0.0973. The summed E-state index contributed by atoms with van der Waals surface area (Å²) in [5.74, 6) is 0.155. The fraction of sp³-hybridized carbons (Fsp3) is 0.333. The summed E-state index contributed by atoms with van der Waals surface area (Å²) in [6, 6.07) is 3.80. The number of alkyl halides is 1. The van der Waals surface area contributed by atoms with Crippen LogP contribution >= 0.6 is 27.5 Å². The third kappa shape index (κ3) is 4.43. The highest BCUT2D eigenvalue weighted by molar-refractivity contribution is 9.10. The number of benzene rings is 1. The van der Waals surface area contributed by atoms with Gasteiger partial charge in [0.2, 0.25) is 10.0 Å². The van der Waals surface area contributed by atoms with E-state index in [0.29, 0.717) is 10.9 Å². The van der Waals surface area contributed by atoms with Gasteiger partial charge < -0.3 is 0 Å². The monoisotopic (exact) mass is 356 g/mol. The van der Waals surface area contributed by atoms with Crippen LogP contribution in [-0.4, -0.2) is 25.0 Å². The van der Waals surface area contributed by atoms with Crippen LogP contribution in [-0.2, 0) is 10.0 Å². The number of anilines is 1. The molecule has 0 unspecified atom stereocenters. The first-order valence-electron chi connectivity index (χ1n) is 4.86. The lowest BCUT2D eigenvalue weighted by Gasteiger charge is -2.08. The van der Waals surface area contributed by atoms with Gasteiger partial charge in [0.15, 0.2) is 0 Å². The summed E-state index contributed by atoms with van der Waals surface area (Å²) < 4.78 is 25.9. The molecule has 1 aromatic rings. The number of nitrogens with one attached hydrogen (secondary N) is 1. The summed E-state index contributed by atoms with van der Waals surface area (Å²) in [7, 11) is -3.49. The number of nitro benzene ring substituents is 1. The van der Waals surface area contributed by atoms with Crippen LogP contribution < -0.4 is 4.72 Å². The predicted octanol–water partition coefficient (Wildman–Crippen LogP) is 2.73. The molecule has 0 aliphatic heterocycles. The molecule has 6 nitrogen and oxygen atoms in total. The van der Waals surface area contributed by atoms with Crippen molar-refractivity contribution in [3.05, 3.63) is 32.8 Å². The molecule has 1 rings (SSSR count). The van der Waals surface area contributed by atoms with Gasteiger partial charge in [0, 0.05) is 22.5 Å². The van der Waals surface area contributed by atoms with Gasteiger partial charge in [-0.05, 0) is 28.4 Å². The van der Waals surface area contributed by atoms with E-state index < -0.39 is 14.9 Å². The number of hydrogen-bond donors (Lipinski definition) is 1. The zero-order chi connectivity index (χ0) is 13.8. The Kier molecular flexibility index (Phi) is 5.36. The van der Waals surface area contributed by atoms with Crippen LogP contribution in [0.1, 0.15) is 6.42 Å². The van der Waals surface area contributed by atoms with E-state index >= 15 is 0 Å². The molecule has 0 radical (unpaired) electrons. The normalized spacial score (nSPS) is 11.2. The summed E-state index contributed by atoms with van der Waals surface area (Å²) in [4.78, 5) is 9.96. The average Bonchev–Trinajstić information content (AvgIpc) is 2.29. The maximum absolute atomic E-state index is 11.6. The van der Waals surface area contributed by atoms with Gasteiger partial charge in [-0.2, -0.15) is 0 Å². The van der Waals surface area contributed by atoms with Gasteiger partial charge >= 0.3 is 0 Å². The van der Waals surface area contributed by atoms with E-state index in [0.717, 1.165) is 0 Å². The molecule has 9 heteroatoms. The Labute approximate surface area is 118 Å². The van der Waals surface area contributed by atoms with Gasteiger partial charge in [-0.25, -0.2) is 8.42 Å². The van der Waals surface area contributed by atoms with Crippen molar-refractivity contribution in [1.82, 2.24) is 0 Å². The Morgan fingerprint density at radius 2 is 2.11 bits per heavy atom. The topological polar surface area (TPSA) is 89.3 Å². The van der Waals surface area contributed by atoms with Crippen molar-refractivity contribution < 1.29 is 13.3 Å². The summed E-state index contributed by atoms with van der Waals surface area (Å²) in [5.41, 5.74) is 0.140. The van der Waals surface area contributed by atoms with E-state index in [1.807, 2.05) is 0 Å². The Bertz CT molecular complexity index is 549. The molecule has 100 valence electrons. The summed E-state index contributed by atoms with van der Waals surface area (Å²) in [6.07, 6.45) is 0.335. The first-order chi connectivity index (χ1) is 8.35. The standard InChI is InChI=1S/C9H10BrClN2O4S/c10-8-6-7(13(14)15)2-3-9(8)12-18(16,17)5-1-4-11/h2-3,6,12H,1,4-5H2. The number of non-ortho nitro benzene ring substituents is 1. The molecule has 0 bridgehead atoms. The maximum atomic E-state index is 11.6. The van der Waals surface area contributed by atoms with Crippen molar-refractivity contribution in [2.45, 2.75) is 6.42 Å². The van der Waals surface area contributed by atoms with Gasteiger partial charge in [-0.3, -0.25) is 14.8 Å². The van der Waals surface area contributed by atoms with E-state index in [9.17, 15) is 18.5 Å². The van der Waals surface area contributed by atoms with Crippen LogP contribution in [0.25, 0.3) is 0 Å². The molecule has 0 aliphatic rings. The minimum atomic E-state index is -3.49. The lowest BCUT2D eigenvalue weighted by Crippen LogP contribution is -2.17. The molecule has 0 aromatic heterocycles. The molecule has 0 heterocycles. The number of rotatable bonds is 6. The third-order valence-electron chi connectivity index (χ3n) is 1.98. The highest BCUT2D eigenvalue weighted by Gasteiger charge is 2.14. The zero-order valence-corrected chi connectivity index (χ0v) is 12.3. The number of halogens is 2. The largest absolute Gasteiger partial charge is 0.282 e. The molecule has 0 amide bonds. The Balaban J connectivity index is 2.89. The van der Waals surface area contributed by atoms with Gasteiger partial charge in [0.25, 0.3) is 5.69 Å². The van der Waals surface area contributed by atoms with E-state index in [-0.39, 0.29) is 23.0 Å². The van der Waals surface area contributed by atoms with Crippen molar-refractivity contribution in [2.24, 2.45) is 0 Å². The maximum Gasteiger partial charge on any atom is 0.270 e. The van der Waals surface area contributed by atoms with Gasteiger partial charge in [-0.1, -0.05) is 0 Å². The van der Waals surface area contributed by atoms with Crippen LogP contribution in [0.2, 0.25) is 0 Å². The number of nitrogens with zero attached hydrogens (tertiary/aromatic N) is 1. The lowest BCUT2D eigenvalue weighted by molar-refractivity contribution is -0.384. The van der Waals surface area contributed by atoms with Crippen LogP contribution in [0.5, 0.6) is 0 Å². The first-order valence-corrected chi connectivity index (χ1v) is 7.84. The fourth-order valence-electron chi connectivity index (χ4n) is 1.16. The van der Waals surface area contributed by atoms with E-state index in [1.54, 1.807) is 0 Å². The first kappa shape index (κ1) is 15.2. The smallest absolute Gasteiger partial charge is 0.270 e. The molecule has 0 saturated heterocycles. The molecule has 0 saturated carbocycles. The highest BCUT2D eigenvalue weighted by Crippen LogP contribution is 2.27. The molecule has 0 fully saturated rings. The highest BCUT2D eigenvalue weighted by atomic mass is 79.9. The van der Waals surface area contributed by atoms with Crippen LogP contribution in [0.15, 0.2) is 22.7 Å². The second-order valence-corrected chi connectivity index (χ2v) is 6.46. The van der Waals surface area contributed by atoms with E-state index in [1.165, 1.54) is 18.2 Å². The zero-order valence-electron chi connectivity index (χ0n) is 9.10. The molecular formula is C9H10BrClN2O4S. The second kappa shape index (κ2) is 6.35. The van der Waals surface area contributed by atoms with Gasteiger partial charge in [-0.15, -0.1) is 11.6 Å². The lowest BCUT2D eigenvalue weighted by atomic mass is 10.3. The van der Waals surface area contributed by atoms with Gasteiger partial charge in [0.05, 0.1) is 16.4 Å². The molecule has 0 aliphatic carbocycles. The molecule has 1 N–H and O–H groups in total. The summed E-state index contributed by atoms with van der Waals surface area (Å²) in [6.45, 7) is 0. The van der Waals surface area contributed by atoms with Crippen molar-refractivity contribution in [1.29, 1.82) is 0 Å².